The number of aromatic hydroxyl groups is 1. The molecule has 128 valence electrons. The summed E-state index contributed by atoms with van der Waals surface area (Å²) in [6.45, 7) is 3.71. The Hall–Kier alpha value is -2.28. The Bertz CT molecular complexity index is 669. The molecule has 1 atom stereocenters. The lowest BCUT2D eigenvalue weighted by Crippen LogP contribution is -2.48. The number of benzene rings is 1. The first-order valence-electron chi connectivity index (χ1n) is 8.12. The van der Waals surface area contributed by atoms with Crippen LogP contribution < -0.4 is 15.5 Å². The van der Waals surface area contributed by atoms with Gasteiger partial charge in [-0.3, -0.25) is 0 Å². The Morgan fingerprint density at radius 3 is 2.88 bits per heavy atom. The van der Waals surface area contributed by atoms with E-state index in [1.54, 1.807) is 29.5 Å². The molecule has 1 aromatic heterocycles. The maximum Gasteiger partial charge on any atom is 0.315 e. The first-order chi connectivity index (χ1) is 11.6. The van der Waals surface area contributed by atoms with Crippen LogP contribution in [0.5, 0.6) is 5.75 Å². The fourth-order valence-corrected chi connectivity index (χ4v) is 3.59. The Kier molecular flexibility index (Phi) is 5.20. The monoisotopic (exact) mass is 346 g/mol. The molecule has 1 aromatic carbocycles. The van der Waals surface area contributed by atoms with E-state index in [9.17, 15) is 9.90 Å². The lowest BCUT2D eigenvalue weighted by molar-refractivity contribution is 0.231. The average molecular weight is 346 g/mol. The number of aromatic nitrogens is 1. The number of nitrogens with zero attached hydrogens (tertiary/aromatic N) is 2. The average Bonchev–Trinajstić information content (AvgIpc) is 3.10. The van der Waals surface area contributed by atoms with E-state index in [1.807, 2.05) is 24.6 Å². The normalized spacial score (nSPS) is 16.6. The summed E-state index contributed by atoms with van der Waals surface area (Å²) in [4.78, 5) is 18.8. The van der Waals surface area contributed by atoms with Crippen molar-refractivity contribution in [1.82, 2.24) is 15.6 Å². The van der Waals surface area contributed by atoms with Gasteiger partial charge >= 0.3 is 6.03 Å². The van der Waals surface area contributed by atoms with Gasteiger partial charge in [0.15, 0.2) is 5.13 Å². The number of carbonyl (C=O) groups is 1. The minimum absolute atomic E-state index is 0.160. The van der Waals surface area contributed by atoms with Gasteiger partial charge in [0.1, 0.15) is 5.75 Å². The standard InChI is InChI=1S/C17H22N4O2S/c1-12(13-3-2-4-15(22)11-13)19-16(23)20-14-5-8-21(9-6-14)17-18-7-10-24-17/h2-4,7,10-12,14,22H,5-6,8-9H2,1H3,(H2,19,20,23). The molecule has 0 saturated carbocycles. The number of rotatable bonds is 4. The molecule has 0 bridgehead atoms. The summed E-state index contributed by atoms with van der Waals surface area (Å²) >= 11 is 1.65. The molecular formula is C17H22N4O2S. The van der Waals surface area contributed by atoms with Gasteiger partial charge in [-0.25, -0.2) is 9.78 Å². The zero-order chi connectivity index (χ0) is 16.9. The topological polar surface area (TPSA) is 77.5 Å². The summed E-state index contributed by atoms with van der Waals surface area (Å²) in [5.74, 6) is 0.205. The molecule has 3 N–H and O–H groups in total. The molecule has 2 aromatic rings. The van der Waals surface area contributed by atoms with Gasteiger partial charge in [0.25, 0.3) is 0 Å². The molecule has 24 heavy (non-hydrogen) atoms. The van der Waals surface area contributed by atoms with Crippen molar-refractivity contribution in [1.29, 1.82) is 0 Å². The minimum Gasteiger partial charge on any atom is -0.508 e. The van der Waals surface area contributed by atoms with Crippen LogP contribution in [0, 0.1) is 0 Å². The van der Waals surface area contributed by atoms with Crippen LogP contribution in [0.2, 0.25) is 0 Å². The smallest absolute Gasteiger partial charge is 0.315 e. The van der Waals surface area contributed by atoms with E-state index in [-0.39, 0.29) is 23.9 Å². The number of amides is 2. The number of phenols is 1. The van der Waals surface area contributed by atoms with Gasteiger partial charge in [0, 0.05) is 30.7 Å². The molecule has 7 heteroatoms. The molecule has 1 aliphatic rings. The number of carbonyl (C=O) groups excluding carboxylic acids is 1. The number of piperidine rings is 1. The maximum atomic E-state index is 12.2. The fourth-order valence-electron chi connectivity index (χ4n) is 2.89. The number of anilines is 1. The maximum absolute atomic E-state index is 12.2. The number of nitrogens with one attached hydrogen (secondary N) is 2. The predicted molar refractivity (Wildman–Crippen MR) is 95.5 cm³/mol. The molecule has 3 rings (SSSR count). The van der Waals surface area contributed by atoms with Crippen LogP contribution in [-0.4, -0.2) is 35.3 Å². The molecule has 1 aliphatic heterocycles. The summed E-state index contributed by atoms with van der Waals surface area (Å²) in [6.07, 6.45) is 3.64. The molecule has 2 amide bonds. The zero-order valence-corrected chi connectivity index (χ0v) is 14.4. The van der Waals surface area contributed by atoms with Crippen molar-refractivity contribution in [2.45, 2.75) is 31.8 Å². The van der Waals surface area contributed by atoms with E-state index in [4.69, 9.17) is 0 Å². The minimum atomic E-state index is -0.168. The molecule has 0 spiro atoms. The zero-order valence-electron chi connectivity index (χ0n) is 13.6. The Morgan fingerprint density at radius 1 is 1.42 bits per heavy atom. The van der Waals surface area contributed by atoms with Crippen LogP contribution in [0.25, 0.3) is 0 Å². The summed E-state index contributed by atoms with van der Waals surface area (Å²) < 4.78 is 0. The summed E-state index contributed by atoms with van der Waals surface area (Å²) in [7, 11) is 0. The van der Waals surface area contributed by atoms with Crippen LogP contribution in [0.4, 0.5) is 9.93 Å². The van der Waals surface area contributed by atoms with Gasteiger partial charge in [0.05, 0.1) is 6.04 Å². The van der Waals surface area contributed by atoms with Gasteiger partial charge in [-0.05, 0) is 37.5 Å². The van der Waals surface area contributed by atoms with Crippen molar-refractivity contribution in [3.63, 3.8) is 0 Å². The SMILES string of the molecule is CC(NC(=O)NC1CCN(c2nccs2)CC1)c1cccc(O)c1. The highest BCUT2D eigenvalue weighted by molar-refractivity contribution is 7.13. The van der Waals surface area contributed by atoms with Crippen LogP contribution in [0.1, 0.15) is 31.4 Å². The van der Waals surface area contributed by atoms with Crippen molar-refractivity contribution >= 4 is 22.5 Å². The first-order valence-corrected chi connectivity index (χ1v) is 9.00. The van der Waals surface area contributed by atoms with Crippen LogP contribution >= 0.6 is 11.3 Å². The summed E-state index contributed by atoms with van der Waals surface area (Å²) in [6, 6.07) is 6.79. The number of hydrogen-bond donors (Lipinski definition) is 3. The number of thiazole rings is 1. The highest BCUT2D eigenvalue weighted by atomic mass is 32.1. The highest BCUT2D eigenvalue weighted by Crippen LogP contribution is 2.22. The molecule has 0 aliphatic carbocycles. The van der Waals surface area contributed by atoms with Crippen LogP contribution in [-0.2, 0) is 0 Å². The highest BCUT2D eigenvalue weighted by Gasteiger charge is 2.22. The van der Waals surface area contributed by atoms with E-state index in [0.717, 1.165) is 36.6 Å². The number of phenolic OH excluding ortho intramolecular Hbond substituents is 1. The van der Waals surface area contributed by atoms with E-state index in [1.165, 1.54) is 0 Å². The van der Waals surface area contributed by atoms with Crippen molar-refractivity contribution in [2.75, 3.05) is 18.0 Å². The fraction of sp³-hybridized carbons (Fsp3) is 0.412. The first kappa shape index (κ1) is 16.6. The Morgan fingerprint density at radius 2 is 2.21 bits per heavy atom. The third-order valence-corrected chi connectivity index (χ3v) is 5.07. The quantitative estimate of drug-likeness (QED) is 0.795. The van der Waals surface area contributed by atoms with E-state index in [0.29, 0.717) is 0 Å². The van der Waals surface area contributed by atoms with Crippen LogP contribution in [0.15, 0.2) is 35.8 Å². The van der Waals surface area contributed by atoms with Gasteiger partial charge in [-0.15, -0.1) is 11.3 Å². The van der Waals surface area contributed by atoms with Gasteiger partial charge in [0.2, 0.25) is 0 Å². The lowest BCUT2D eigenvalue weighted by Gasteiger charge is -2.32. The number of urea groups is 1. The van der Waals surface area contributed by atoms with Gasteiger partial charge in [-0.2, -0.15) is 0 Å². The Labute approximate surface area is 145 Å². The van der Waals surface area contributed by atoms with Crippen molar-refractivity contribution in [2.24, 2.45) is 0 Å². The second-order valence-corrected chi connectivity index (χ2v) is 6.88. The summed E-state index contributed by atoms with van der Waals surface area (Å²) in [5, 5.41) is 18.5. The molecule has 6 nitrogen and oxygen atoms in total. The third-order valence-electron chi connectivity index (χ3n) is 4.24. The largest absolute Gasteiger partial charge is 0.508 e. The third kappa shape index (κ3) is 4.17. The molecule has 1 saturated heterocycles. The van der Waals surface area contributed by atoms with E-state index in [2.05, 4.69) is 20.5 Å². The molecule has 1 unspecified atom stereocenters. The lowest BCUT2D eigenvalue weighted by atomic mass is 10.1. The van der Waals surface area contributed by atoms with Crippen molar-refractivity contribution in [3.05, 3.63) is 41.4 Å². The van der Waals surface area contributed by atoms with E-state index >= 15 is 0 Å². The molecule has 1 fully saturated rings. The van der Waals surface area contributed by atoms with Crippen LogP contribution in [0.3, 0.4) is 0 Å². The molecular weight excluding hydrogens is 324 g/mol. The number of hydrogen-bond acceptors (Lipinski definition) is 5. The second kappa shape index (κ2) is 7.53. The Balaban J connectivity index is 1.46. The molecule has 0 radical (unpaired) electrons. The van der Waals surface area contributed by atoms with Gasteiger partial charge in [-0.1, -0.05) is 12.1 Å². The van der Waals surface area contributed by atoms with Gasteiger partial charge < -0.3 is 20.6 Å². The molecule has 2 heterocycles. The summed E-state index contributed by atoms with van der Waals surface area (Å²) in [5.41, 5.74) is 0.878. The van der Waals surface area contributed by atoms with Crippen molar-refractivity contribution < 1.29 is 9.90 Å². The van der Waals surface area contributed by atoms with E-state index < -0.39 is 0 Å². The second-order valence-electron chi connectivity index (χ2n) is 6.01. The predicted octanol–water partition coefficient (Wildman–Crippen LogP) is 2.88. The van der Waals surface area contributed by atoms with Crippen molar-refractivity contribution in [3.8, 4) is 5.75 Å².